The van der Waals surface area contributed by atoms with Gasteiger partial charge >= 0.3 is 11.9 Å². The van der Waals surface area contributed by atoms with E-state index >= 15 is 0 Å². The summed E-state index contributed by atoms with van der Waals surface area (Å²) in [4.78, 5) is 22.5. The lowest BCUT2D eigenvalue weighted by atomic mass is 10.0. The molecular formula is C24H25BrO6. The minimum absolute atomic E-state index is 0.217. The molecule has 0 spiro atoms. The molecule has 0 bridgehead atoms. The SMILES string of the molecule is CC(=O)OC(C)COc1c2ccccc2c(OCC(C)OC(C)=O)c2cc(Br)ccc12. The molecule has 6 nitrogen and oxygen atoms in total. The molecule has 0 heterocycles. The predicted molar refractivity (Wildman–Crippen MR) is 123 cm³/mol. The molecule has 0 aromatic heterocycles. The van der Waals surface area contributed by atoms with Crippen molar-refractivity contribution in [2.24, 2.45) is 0 Å². The molecule has 0 radical (unpaired) electrons. The van der Waals surface area contributed by atoms with Gasteiger partial charge in [-0.25, -0.2) is 0 Å². The van der Waals surface area contributed by atoms with Crippen molar-refractivity contribution in [3.63, 3.8) is 0 Å². The Hall–Kier alpha value is -2.80. The van der Waals surface area contributed by atoms with Gasteiger partial charge in [-0.15, -0.1) is 0 Å². The van der Waals surface area contributed by atoms with E-state index in [9.17, 15) is 9.59 Å². The van der Waals surface area contributed by atoms with E-state index in [0.717, 1.165) is 26.0 Å². The van der Waals surface area contributed by atoms with Gasteiger partial charge < -0.3 is 18.9 Å². The van der Waals surface area contributed by atoms with Crippen molar-refractivity contribution in [3.8, 4) is 11.5 Å². The molecule has 2 unspecified atom stereocenters. The second kappa shape index (κ2) is 10.0. The molecule has 0 aliphatic rings. The van der Waals surface area contributed by atoms with Gasteiger partial charge in [0.15, 0.2) is 0 Å². The van der Waals surface area contributed by atoms with Gasteiger partial charge in [0.05, 0.1) is 0 Å². The number of esters is 2. The number of halogens is 1. The Kier molecular flexibility index (Phi) is 7.38. The first-order valence-corrected chi connectivity index (χ1v) is 10.8. The second-order valence-corrected chi connectivity index (χ2v) is 8.27. The maximum Gasteiger partial charge on any atom is 0.303 e. The van der Waals surface area contributed by atoms with Gasteiger partial charge in [-0.2, -0.15) is 0 Å². The van der Waals surface area contributed by atoms with Crippen LogP contribution in [0, 0.1) is 0 Å². The van der Waals surface area contributed by atoms with E-state index < -0.39 is 0 Å². The molecule has 7 heteroatoms. The van der Waals surface area contributed by atoms with Crippen LogP contribution in [0.5, 0.6) is 11.5 Å². The van der Waals surface area contributed by atoms with Crippen LogP contribution in [0.4, 0.5) is 0 Å². The lowest BCUT2D eigenvalue weighted by Crippen LogP contribution is -2.21. The summed E-state index contributed by atoms with van der Waals surface area (Å²) in [6, 6.07) is 13.6. The third-order valence-corrected chi connectivity index (χ3v) is 5.04. The Morgan fingerprint density at radius 2 is 1.23 bits per heavy atom. The summed E-state index contributed by atoms with van der Waals surface area (Å²) in [5.41, 5.74) is 0. The van der Waals surface area contributed by atoms with E-state index in [2.05, 4.69) is 15.9 Å². The smallest absolute Gasteiger partial charge is 0.303 e. The Morgan fingerprint density at radius 1 is 0.774 bits per heavy atom. The molecule has 0 fully saturated rings. The first kappa shape index (κ1) is 22.9. The van der Waals surface area contributed by atoms with Crippen molar-refractivity contribution >= 4 is 49.4 Å². The molecule has 2 atom stereocenters. The zero-order valence-electron chi connectivity index (χ0n) is 17.9. The predicted octanol–water partition coefficient (Wildman–Crippen LogP) is 5.42. The van der Waals surface area contributed by atoms with Crippen LogP contribution in [0.3, 0.4) is 0 Å². The summed E-state index contributed by atoms with van der Waals surface area (Å²) in [5.74, 6) is 0.684. The highest BCUT2D eigenvalue weighted by molar-refractivity contribution is 9.10. The van der Waals surface area contributed by atoms with Crippen molar-refractivity contribution in [2.45, 2.75) is 39.9 Å². The first-order chi connectivity index (χ1) is 14.8. The van der Waals surface area contributed by atoms with Crippen molar-refractivity contribution in [1.82, 2.24) is 0 Å². The van der Waals surface area contributed by atoms with Gasteiger partial charge in [0.1, 0.15) is 36.9 Å². The van der Waals surface area contributed by atoms with Gasteiger partial charge in [0, 0.05) is 39.9 Å². The van der Waals surface area contributed by atoms with Crippen LogP contribution in [0.15, 0.2) is 46.9 Å². The molecule has 3 aromatic rings. The van der Waals surface area contributed by atoms with Crippen LogP contribution in [-0.4, -0.2) is 37.4 Å². The minimum atomic E-state index is -0.390. The van der Waals surface area contributed by atoms with E-state index in [1.54, 1.807) is 13.8 Å². The number of rotatable bonds is 8. The lowest BCUT2D eigenvalue weighted by Gasteiger charge is -2.20. The maximum atomic E-state index is 11.2. The van der Waals surface area contributed by atoms with Gasteiger partial charge in [-0.05, 0) is 32.0 Å². The summed E-state index contributed by atoms with van der Waals surface area (Å²) >= 11 is 3.53. The average molecular weight is 489 g/mol. The minimum Gasteiger partial charge on any atom is -0.488 e. The highest BCUT2D eigenvalue weighted by Crippen LogP contribution is 2.43. The fourth-order valence-corrected chi connectivity index (χ4v) is 3.78. The number of ether oxygens (including phenoxy) is 4. The monoisotopic (exact) mass is 488 g/mol. The summed E-state index contributed by atoms with van der Waals surface area (Å²) in [6.45, 7) is 6.77. The van der Waals surface area contributed by atoms with Crippen molar-refractivity contribution < 1.29 is 28.5 Å². The van der Waals surface area contributed by atoms with E-state index in [1.165, 1.54) is 13.8 Å². The Bertz CT molecular complexity index is 1110. The van der Waals surface area contributed by atoms with Crippen molar-refractivity contribution in [1.29, 1.82) is 0 Å². The third-order valence-electron chi connectivity index (χ3n) is 4.55. The average Bonchev–Trinajstić information content (AvgIpc) is 2.69. The Morgan fingerprint density at radius 3 is 1.71 bits per heavy atom. The summed E-state index contributed by atoms with van der Waals surface area (Å²) in [6.07, 6.45) is -0.777. The molecule has 0 N–H and O–H groups in total. The molecule has 0 aliphatic heterocycles. The highest BCUT2D eigenvalue weighted by Gasteiger charge is 2.19. The van der Waals surface area contributed by atoms with Crippen LogP contribution in [-0.2, 0) is 19.1 Å². The fourth-order valence-electron chi connectivity index (χ4n) is 3.42. The number of fused-ring (bicyclic) bond motifs is 2. The van der Waals surface area contributed by atoms with E-state index in [1.807, 2.05) is 42.5 Å². The lowest BCUT2D eigenvalue weighted by molar-refractivity contribution is -0.147. The van der Waals surface area contributed by atoms with Crippen molar-refractivity contribution in [2.75, 3.05) is 13.2 Å². The zero-order chi connectivity index (χ0) is 22.5. The molecule has 0 saturated heterocycles. The molecule has 0 amide bonds. The van der Waals surface area contributed by atoms with Gasteiger partial charge in [-0.1, -0.05) is 40.2 Å². The highest BCUT2D eigenvalue weighted by atomic mass is 79.9. The van der Waals surface area contributed by atoms with E-state index in [-0.39, 0.29) is 37.4 Å². The zero-order valence-corrected chi connectivity index (χ0v) is 19.5. The van der Waals surface area contributed by atoms with Crippen LogP contribution >= 0.6 is 15.9 Å². The van der Waals surface area contributed by atoms with Gasteiger partial charge in [-0.3, -0.25) is 9.59 Å². The van der Waals surface area contributed by atoms with E-state index in [0.29, 0.717) is 11.5 Å². The summed E-state index contributed by atoms with van der Waals surface area (Å²) in [7, 11) is 0. The number of hydrogen-bond acceptors (Lipinski definition) is 6. The van der Waals surface area contributed by atoms with Crippen LogP contribution in [0.1, 0.15) is 27.7 Å². The summed E-state index contributed by atoms with van der Waals surface area (Å²) in [5, 5.41) is 3.48. The topological polar surface area (TPSA) is 71.1 Å². The van der Waals surface area contributed by atoms with Crippen LogP contribution in [0.2, 0.25) is 0 Å². The normalized spacial score (nSPS) is 12.9. The van der Waals surface area contributed by atoms with Gasteiger partial charge in [0.2, 0.25) is 0 Å². The molecular weight excluding hydrogens is 464 g/mol. The fraction of sp³-hybridized carbons (Fsp3) is 0.333. The van der Waals surface area contributed by atoms with Crippen molar-refractivity contribution in [3.05, 3.63) is 46.9 Å². The molecule has 3 aromatic carbocycles. The standard InChI is InChI=1S/C24H25BrO6/c1-14(30-16(3)26)12-28-23-19-7-5-6-8-20(19)24(29-13-15(2)31-17(4)27)22-11-18(25)9-10-21(22)23/h5-11,14-15H,12-13H2,1-4H3. The number of carbonyl (C=O) groups excluding carboxylic acids is 2. The van der Waals surface area contributed by atoms with Gasteiger partial charge in [0.25, 0.3) is 0 Å². The molecule has 0 saturated carbocycles. The molecule has 0 aliphatic carbocycles. The summed E-state index contributed by atoms with van der Waals surface area (Å²) < 4.78 is 23.6. The first-order valence-electron chi connectivity index (χ1n) is 10.00. The Balaban J connectivity index is 2.06. The van der Waals surface area contributed by atoms with Crippen LogP contribution < -0.4 is 9.47 Å². The quantitative estimate of drug-likeness (QED) is 0.311. The maximum absolute atomic E-state index is 11.2. The molecule has 164 valence electrons. The molecule has 3 rings (SSSR count). The largest absolute Gasteiger partial charge is 0.488 e. The molecule has 31 heavy (non-hydrogen) atoms. The number of carbonyl (C=O) groups is 2. The Labute approximate surface area is 189 Å². The second-order valence-electron chi connectivity index (χ2n) is 7.36. The van der Waals surface area contributed by atoms with E-state index in [4.69, 9.17) is 18.9 Å². The van der Waals surface area contributed by atoms with Crippen LogP contribution in [0.25, 0.3) is 21.5 Å². The number of hydrogen-bond donors (Lipinski definition) is 0. The third kappa shape index (κ3) is 5.67. The number of benzene rings is 3.